The number of para-hydroxylation sites is 1. The van der Waals surface area contributed by atoms with Crippen molar-refractivity contribution in [1.82, 2.24) is 5.32 Å². The average Bonchev–Trinajstić information content (AvgIpc) is 2.17. The maximum atomic E-state index is 10.7. The van der Waals surface area contributed by atoms with Crippen LogP contribution in [0.1, 0.15) is 24.9 Å². The molecule has 4 nitrogen and oxygen atoms in total. The van der Waals surface area contributed by atoms with Crippen molar-refractivity contribution in [2.75, 3.05) is 12.3 Å². The first-order valence-electron chi connectivity index (χ1n) is 4.94. The van der Waals surface area contributed by atoms with Gasteiger partial charge >= 0.3 is 5.97 Å². The fourth-order valence-electron chi connectivity index (χ4n) is 1.54. The first-order chi connectivity index (χ1) is 7.15. The van der Waals surface area contributed by atoms with Crippen LogP contribution < -0.4 is 11.1 Å². The Bertz CT molecular complexity index is 339. The highest BCUT2D eigenvalue weighted by molar-refractivity contribution is 5.68. The smallest absolute Gasteiger partial charge is 0.305 e. The van der Waals surface area contributed by atoms with E-state index in [1.165, 1.54) is 0 Å². The van der Waals surface area contributed by atoms with Crippen LogP contribution >= 0.6 is 0 Å². The molecule has 82 valence electrons. The van der Waals surface area contributed by atoms with Crippen molar-refractivity contribution < 1.29 is 9.90 Å². The molecule has 1 aromatic carbocycles. The van der Waals surface area contributed by atoms with Crippen LogP contribution in [0.2, 0.25) is 0 Å². The van der Waals surface area contributed by atoms with Crippen LogP contribution in [0, 0.1) is 0 Å². The second-order valence-electron chi connectivity index (χ2n) is 3.34. The van der Waals surface area contributed by atoms with E-state index in [1.54, 1.807) is 6.07 Å². The number of nitrogens with two attached hydrogens (primary N) is 1. The molecule has 0 radical (unpaired) electrons. The molecule has 1 rings (SSSR count). The molecule has 0 bridgehead atoms. The predicted molar refractivity (Wildman–Crippen MR) is 59.5 cm³/mol. The van der Waals surface area contributed by atoms with E-state index in [9.17, 15) is 4.79 Å². The third kappa shape index (κ3) is 3.25. The third-order valence-corrected chi connectivity index (χ3v) is 2.20. The summed E-state index contributed by atoms with van der Waals surface area (Å²) in [6.45, 7) is 2.65. The van der Waals surface area contributed by atoms with E-state index in [0.29, 0.717) is 12.2 Å². The van der Waals surface area contributed by atoms with Crippen LogP contribution in [-0.2, 0) is 4.79 Å². The number of nitrogens with one attached hydrogen (secondary N) is 1. The molecule has 0 saturated heterocycles. The van der Waals surface area contributed by atoms with Crippen LogP contribution in [0.3, 0.4) is 0 Å². The molecule has 0 amide bonds. The van der Waals surface area contributed by atoms with Gasteiger partial charge in [-0.15, -0.1) is 0 Å². The Hall–Kier alpha value is -1.55. The largest absolute Gasteiger partial charge is 0.481 e. The highest BCUT2D eigenvalue weighted by Gasteiger charge is 2.15. The zero-order valence-electron chi connectivity index (χ0n) is 8.73. The van der Waals surface area contributed by atoms with E-state index >= 15 is 0 Å². The first kappa shape index (κ1) is 11.5. The molecule has 4 heteroatoms. The van der Waals surface area contributed by atoms with E-state index in [4.69, 9.17) is 10.8 Å². The Kier molecular flexibility index (Phi) is 4.12. The second-order valence-corrected chi connectivity index (χ2v) is 3.34. The minimum absolute atomic E-state index is 0.0437. The normalized spacial score (nSPS) is 12.3. The van der Waals surface area contributed by atoms with E-state index in [2.05, 4.69) is 5.32 Å². The molecule has 0 aromatic heterocycles. The summed E-state index contributed by atoms with van der Waals surface area (Å²) in [4.78, 5) is 10.7. The Labute approximate surface area is 89.1 Å². The number of carboxylic acids is 1. The lowest BCUT2D eigenvalue weighted by atomic mass is 10.0. The average molecular weight is 208 g/mol. The molecule has 0 aliphatic carbocycles. The molecule has 0 spiro atoms. The van der Waals surface area contributed by atoms with Crippen LogP contribution in [-0.4, -0.2) is 17.6 Å². The van der Waals surface area contributed by atoms with E-state index < -0.39 is 5.97 Å². The molecule has 1 atom stereocenters. The molecule has 0 fully saturated rings. The fraction of sp³-hybridized carbons (Fsp3) is 0.364. The SMILES string of the molecule is CCNC(CC(=O)O)c1ccccc1N. The zero-order valence-corrected chi connectivity index (χ0v) is 8.73. The van der Waals surface area contributed by atoms with Crippen molar-refractivity contribution in [1.29, 1.82) is 0 Å². The molecule has 0 aliphatic heterocycles. The van der Waals surface area contributed by atoms with Gasteiger partial charge in [0.25, 0.3) is 0 Å². The van der Waals surface area contributed by atoms with E-state index in [1.807, 2.05) is 25.1 Å². The number of carboxylic acid groups (broad SMARTS) is 1. The lowest BCUT2D eigenvalue weighted by Gasteiger charge is -2.17. The van der Waals surface area contributed by atoms with Crippen molar-refractivity contribution in [3.8, 4) is 0 Å². The molecular formula is C11H16N2O2. The molecular weight excluding hydrogens is 192 g/mol. The Morgan fingerprint density at radius 2 is 2.20 bits per heavy atom. The summed E-state index contributed by atoms with van der Waals surface area (Å²) in [6.07, 6.45) is 0.0437. The minimum atomic E-state index is -0.829. The van der Waals surface area contributed by atoms with Crippen LogP contribution in [0.5, 0.6) is 0 Å². The number of rotatable bonds is 5. The number of benzene rings is 1. The molecule has 0 saturated carbocycles. The molecule has 1 aromatic rings. The lowest BCUT2D eigenvalue weighted by molar-refractivity contribution is -0.137. The zero-order chi connectivity index (χ0) is 11.3. The van der Waals surface area contributed by atoms with Gasteiger partial charge in [-0.1, -0.05) is 25.1 Å². The van der Waals surface area contributed by atoms with Gasteiger partial charge in [-0.05, 0) is 18.2 Å². The van der Waals surface area contributed by atoms with Crippen molar-refractivity contribution in [2.45, 2.75) is 19.4 Å². The summed E-state index contributed by atoms with van der Waals surface area (Å²) in [6, 6.07) is 7.11. The fourth-order valence-corrected chi connectivity index (χ4v) is 1.54. The van der Waals surface area contributed by atoms with Crippen LogP contribution in [0.4, 0.5) is 5.69 Å². The van der Waals surface area contributed by atoms with Gasteiger partial charge in [0.1, 0.15) is 0 Å². The number of anilines is 1. The van der Waals surface area contributed by atoms with Gasteiger partial charge in [0.05, 0.1) is 6.42 Å². The van der Waals surface area contributed by atoms with E-state index in [0.717, 1.165) is 5.56 Å². The summed E-state index contributed by atoms with van der Waals surface area (Å²) in [5.41, 5.74) is 7.27. The maximum absolute atomic E-state index is 10.7. The van der Waals surface area contributed by atoms with Crippen molar-refractivity contribution in [2.24, 2.45) is 0 Å². The topological polar surface area (TPSA) is 75.3 Å². The van der Waals surface area contributed by atoms with Gasteiger partial charge in [0.2, 0.25) is 0 Å². The lowest BCUT2D eigenvalue weighted by Crippen LogP contribution is -2.24. The highest BCUT2D eigenvalue weighted by atomic mass is 16.4. The molecule has 4 N–H and O–H groups in total. The Balaban J connectivity index is 2.88. The summed E-state index contributed by atoms with van der Waals surface area (Å²) >= 11 is 0. The van der Waals surface area contributed by atoms with Crippen molar-refractivity contribution in [3.63, 3.8) is 0 Å². The third-order valence-electron chi connectivity index (χ3n) is 2.20. The maximum Gasteiger partial charge on any atom is 0.305 e. The Morgan fingerprint density at radius 1 is 1.53 bits per heavy atom. The summed E-state index contributed by atoms with van der Waals surface area (Å²) in [5, 5.41) is 11.9. The molecule has 0 heterocycles. The number of carbonyl (C=O) groups is 1. The quantitative estimate of drug-likeness (QED) is 0.639. The minimum Gasteiger partial charge on any atom is -0.481 e. The summed E-state index contributed by atoms with van der Waals surface area (Å²) in [5.74, 6) is -0.829. The molecule has 1 unspecified atom stereocenters. The van der Waals surface area contributed by atoms with Crippen molar-refractivity contribution in [3.05, 3.63) is 29.8 Å². The van der Waals surface area contributed by atoms with Gasteiger partial charge in [-0.25, -0.2) is 0 Å². The monoisotopic (exact) mass is 208 g/mol. The van der Waals surface area contributed by atoms with Gasteiger partial charge in [0.15, 0.2) is 0 Å². The van der Waals surface area contributed by atoms with Gasteiger partial charge in [-0.3, -0.25) is 4.79 Å². The van der Waals surface area contributed by atoms with Crippen molar-refractivity contribution >= 4 is 11.7 Å². The number of nitrogen functional groups attached to an aromatic ring is 1. The second kappa shape index (κ2) is 5.36. The van der Waals surface area contributed by atoms with Gasteiger partial charge in [-0.2, -0.15) is 0 Å². The summed E-state index contributed by atoms with van der Waals surface area (Å²) < 4.78 is 0. The first-order valence-corrected chi connectivity index (χ1v) is 4.94. The van der Waals surface area contributed by atoms with Crippen LogP contribution in [0.15, 0.2) is 24.3 Å². The highest BCUT2D eigenvalue weighted by Crippen LogP contribution is 2.22. The molecule has 0 aliphatic rings. The number of aliphatic carboxylic acids is 1. The number of hydrogen-bond donors (Lipinski definition) is 3. The standard InChI is InChI=1S/C11H16N2O2/c1-2-13-10(7-11(14)15)8-5-3-4-6-9(8)12/h3-6,10,13H,2,7,12H2,1H3,(H,14,15). The van der Waals surface area contributed by atoms with Gasteiger partial charge < -0.3 is 16.2 Å². The van der Waals surface area contributed by atoms with E-state index in [-0.39, 0.29) is 12.5 Å². The molecule has 15 heavy (non-hydrogen) atoms. The Morgan fingerprint density at radius 3 is 2.73 bits per heavy atom. The van der Waals surface area contributed by atoms with Crippen LogP contribution in [0.25, 0.3) is 0 Å². The summed E-state index contributed by atoms with van der Waals surface area (Å²) in [7, 11) is 0. The number of hydrogen-bond acceptors (Lipinski definition) is 3. The predicted octanol–water partition coefficient (Wildman–Crippen LogP) is 1.39. The van der Waals surface area contributed by atoms with Gasteiger partial charge in [0, 0.05) is 11.7 Å².